The first-order valence-corrected chi connectivity index (χ1v) is 10.6. The van der Waals surface area contributed by atoms with Crippen LogP contribution in [0.15, 0.2) is 73.1 Å². The lowest BCUT2D eigenvalue weighted by Crippen LogP contribution is -2.38. The molecule has 2 aromatic carbocycles. The molecule has 0 radical (unpaired) electrons. The monoisotopic (exact) mass is 414 g/mol. The minimum atomic E-state index is -0.138. The summed E-state index contributed by atoms with van der Waals surface area (Å²) in [6.45, 7) is 1.86. The number of fused-ring (bicyclic) bond motifs is 1. The fourth-order valence-corrected chi connectivity index (χ4v) is 3.70. The van der Waals surface area contributed by atoms with Gasteiger partial charge in [0.15, 0.2) is 0 Å². The van der Waals surface area contributed by atoms with Crippen molar-refractivity contribution in [3.05, 3.63) is 95.3 Å². The minimum Gasteiger partial charge on any atom is -0.352 e. The Kier molecular flexibility index (Phi) is 6.57. The van der Waals surface area contributed by atoms with Gasteiger partial charge in [-0.15, -0.1) is 0 Å². The van der Waals surface area contributed by atoms with Crippen LogP contribution in [0.4, 0.5) is 10.5 Å². The van der Waals surface area contributed by atoms with Crippen LogP contribution in [0, 0.1) is 0 Å². The summed E-state index contributed by atoms with van der Waals surface area (Å²) in [4.78, 5) is 30.9. The van der Waals surface area contributed by atoms with E-state index in [1.54, 1.807) is 35.4 Å². The lowest BCUT2D eigenvalue weighted by atomic mass is 10.0. The Hall–Kier alpha value is -3.67. The number of nitrogens with zero attached hydrogens (tertiary/aromatic N) is 2. The zero-order valence-corrected chi connectivity index (χ0v) is 17.4. The molecule has 1 aliphatic rings. The van der Waals surface area contributed by atoms with E-state index in [2.05, 4.69) is 27.8 Å². The second kappa shape index (κ2) is 9.89. The topological polar surface area (TPSA) is 74.3 Å². The highest BCUT2D eigenvalue weighted by atomic mass is 16.2. The quantitative estimate of drug-likeness (QED) is 0.598. The summed E-state index contributed by atoms with van der Waals surface area (Å²) in [6.07, 6.45) is 6.25. The number of aromatic nitrogens is 1. The first kappa shape index (κ1) is 20.6. The summed E-state index contributed by atoms with van der Waals surface area (Å²) >= 11 is 0. The summed E-state index contributed by atoms with van der Waals surface area (Å²) in [5.74, 6) is -0.104. The molecule has 4 rings (SSSR count). The van der Waals surface area contributed by atoms with Crippen molar-refractivity contribution < 1.29 is 9.59 Å². The highest BCUT2D eigenvalue weighted by Gasteiger charge is 2.20. The van der Waals surface area contributed by atoms with E-state index >= 15 is 0 Å². The Labute approximate surface area is 182 Å². The number of anilines is 1. The Morgan fingerprint density at radius 3 is 2.58 bits per heavy atom. The second-order valence-electron chi connectivity index (χ2n) is 7.67. The molecule has 0 unspecified atom stereocenters. The van der Waals surface area contributed by atoms with Crippen molar-refractivity contribution in [1.82, 2.24) is 15.2 Å². The van der Waals surface area contributed by atoms with Crippen molar-refractivity contribution in [3.8, 4) is 0 Å². The molecule has 2 heterocycles. The van der Waals surface area contributed by atoms with Gasteiger partial charge in [0.2, 0.25) is 0 Å². The third kappa shape index (κ3) is 5.48. The number of amides is 3. The first-order valence-electron chi connectivity index (χ1n) is 10.6. The van der Waals surface area contributed by atoms with Gasteiger partial charge in [-0.25, -0.2) is 4.79 Å². The maximum Gasteiger partial charge on any atom is 0.322 e. The average Bonchev–Trinajstić information content (AvgIpc) is 2.82. The van der Waals surface area contributed by atoms with Crippen LogP contribution in [-0.2, 0) is 19.4 Å². The molecule has 6 nitrogen and oxygen atoms in total. The summed E-state index contributed by atoms with van der Waals surface area (Å²) < 4.78 is 0. The zero-order chi connectivity index (χ0) is 21.5. The van der Waals surface area contributed by atoms with E-state index in [-0.39, 0.29) is 11.9 Å². The van der Waals surface area contributed by atoms with Gasteiger partial charge in [0.1, 0.15) is 0 Å². The maximum absolute atomic E-state index is 12.6. The van der Waals surface area contributed by atoms with Crippen LogP contribution < -0.4 is 10.6 Å². The molecule has 0 fully saturated rings. The van der Waals surface area contributed by atoms with Gasteiger partial charge >= 0.3 is 6.03 Å². The largest absolute Gasteiger partial charge is 0.352 e. The molecule has 0 bridgehead atoms. The SMILES string of the molecule is O=C(NCCCc1ccccc1)c1ccc(NC(=O)N2CCc3cnccc3C2)cc1. The van der Waals surface area contributed by atoms with E-state index in [1.807, 2.05) is 30.5 Å². The number of hydrogen-bond acceptors (Lipinski definition) is 3. The molecule has 3 aromatic rings. The average molecular weight is 415 g/mol. The van der Waals surface area contributed by atoms with Gasteiger partial charge < -0.3 is 15.5 Å². The van der Waals surface area contributed by atoms with Gasteiger partial charge in [0.25, 0.3) is 5.91 Å². The molecule has 1 aliphatic heterocycles. The fourth-order valence-electron chi connectivity index (χ4n) is 3.70. The van der Waals surface area contributed by atoms with E-state index < -0.39 is 0 Å². The number of carbonyl (C=O) groups is 2. The van der Waals surface area contributed by atoms with Crippen LogP contribution in [0.5, 0.6) is 0 Å². The number of urea groups is 1. The van der Waals surface area contributed by atoms with Crippen LogP contribution in [0.25, 0.3) is 0 Å². The van der Waals surface area contributed by atoms with Gasteiger partial charge in [-0.3, -0.25) is 9.78 Å². The van der Waals surface area contributed by atoms with Crippen molar-refractivity contribution in [3.63, 3.8) is 0 Å². The molecule has 0 spiro atoms. The Bertz CT molecular complexity index is 1030. The Morgan fingerprint density at radius 2 is 1.77 bits per heavy atom. The number of nitrogens with one attached hydrogen (secondary N) is 2. The van der Waals surface area contributed by atoms with Crippen molar-refractivity contribution >= 4 is 17.6 Å². The van der Waals surface area contributed by atoms with Crippen LogP contribution >= 0.6 is 0 Å². The van der Waals surface area contributed by atoms with Gasteiger partial charge in [-0.05, 0) is 66.3 Å². The van der Waals surface area contributed by atoms with Gasteiger partial charge in [-0.2, -0.15) is 0 Å². The predicted octanol–water partition coefficient (Wildman–Crippen LogP) is 4.03. The third-order valence-electron chi connectivity index (χ3n) is 5.47. The number of carbonyl (C=O) groups excluding carboxylic acids is 2. The molecule has 0 aliphatic carbocycles. The molecular formula is C25H26N4O2. The van der Waals surface area contributed by atoms with E-state index in [4.69, 9.17) is 0 Å². The number of rotatable bonds is 6. The molecule has 158 valence electrons. The van der Waals surface area contributed by atoms with Crippen LogP contribution in [0.3, 0.4) is 0 Å². The summed E-state index contributed by atoms with van der Waals surface area (Å²) in [5, 5.41) is 5.87. The normalized spacial score (nSPS) is 12.7. The second-order valence-corrected chi connectivity index (χ2v) is 7.67. The lowest BCUT2D eigenvalue weighted by molar-refractivity contribution is 0.0953. The molecule has 31 heavy (non-hydrogen) atoms. The van der Waals surface area contributed by atoms with E-state index in [1.165, 1.54) is 11.1 Å². The highest BCUT2D eigenvalue weighted by Crippen LogP contribution is 2.19. The number of aryl methyl sites for hydroxylation is 1. The molecule has 0 saturated heterocycles. The van der Waals surface area contributed by atoms with Crippen molar-refractivity contribution in [2.24, 2.45) is 0 Å². The standard InChI is InChI=1S/C25H26N4O2/c30-24(27-14-4-7-19-5-2-1-3-6-19)20-8-10-23(11-9-20)28-25(31)29-16-13-21-17-26-15-12-22(21)18-29/h1-3,5-6,8-12,15,17H,4,7,13-14,16,18H2,(H,27,30)(H,28,31). The minimum absolute atomic E-state index is 0.104. The molecule has 2 N–H and O–H groups in total. The fraction of sp³-hybridized carbons (Fsp3) is 0.240. The molecule has 0 saturated carbocycles. The molecule has 0 atom stereocenters. The van der Waals surface area contributed by atoms with Crippen LogP contribution in [0.1, 0.15) is 33.5 Å². The van der Waals surface area contributed by atoms with Crippen molar-refractivity contribution in [2.75, 3.05) is 18.4 Å². The van der Waals surface area contributed by atoms with Gasteiger partial charge in [0.05, 0.1) is 0 Å². The summed E-state index contributed by atoms with van der Waals surface area (Å²) in [6, 6.07) is 19.0. The van der Waals surface area contributed by atoms with Gasteiger partial charge in [-0.1, -0.05) is 30.3 Å². The third-order valence-corrected chi connectivity index (χ3v) is 5.47. The molecular weight excluding hydrogens is 388 g/mol. The smallest absolute Gasteiger partial charge is 0.322 e. The van der Waals surface area contributed by atoms with E-state index in [9.17, 15) is 9.59 Å². The zero-order valence-electron chi connectivity index (χ0n) is 17.4. The number of hydrogen-bond donors (Lipinski definition) is 2. The van der Waals surface area contributed by atoms with E-state index in [0.29, 0.717) is 30.9 Å². The van der Waals surface area contributed by atoms with Crippen LogP contribution in [-0.4, -0.2) is 34.9 Å². The van der Waals surface area contributed by atoms with E-state index in [0.717, 1.165) is 24.8 Å². The lowest BCUT2D eigenvalue weighted by Gasteiger charge is -2.28. The molecule has 3 amide bonds. The summed E-state index contributed by atoms with van der Waals surface area (Å²) in [7, 11) is 0. The molecule has 1 aromatic heterocycles. The first-order chi connectivity index (χ1) is 15.2. The van der Waals surface area contributed by atoms with Crippen molar-refractivity contribution in [1.29, 1.82) is 0 Å². The van der Waals surface area contributed by atoms with Gasteiger partial charge in [0, 0.05) is 43.3 Å². The Morgan fingerprint density at radius 1 is 0.968 bits per heavy atom. The number of benzene rings is 2. The summed E-state index contributed by atoms with van der Waals surface area (Å²) in [5.41, 5.74) is 4.86. The number of pyridine rings is 1. The maximum atomic E-state index is 12.6. The molecule has 6 heteroatoms. The van der Waals surface area contributed by atoms with Crippen LogP contribution in [0.2, 0.25) is 0 Å². The highest BCUT2D eigenvalue weighted by molar-refractivity contribution is 5.95. The Balaban J connectivity index is 1.24. The predicted molar refractivity (Wildman–Crippen MR) is 121 cm³/mol. The van der Waals surface area contributed by atoms with Crippen molar-refractivity contribution in [2.45, 2.75) is 25.8 Å².